The van der Waals surface area contributed by atoms with Crippen LogP contribution in [-0.2, 0) is 33.6 Å². The molecule has 1 N–H and O–H groups in total. The highest BCUT2D eigenvalue weighted by atomic mass is 32.2. The zero-order valence-corrected chi connectivity index (χ0v) is 16.0. The predicted molar refractivity (Wildman–Crippen MR) is 103 cm³/mol. The molecular weight excluding hydrogens is 348 g/mol. The Labute approximate surface area is 156 Å². The van der Waals surface area contributed by atoms with Gasteiger partial charge in [-0.1, -0.05) is 54.1 Å². The van der Waals surface area contributed by atoms with E-state index >= 15 is 0 Å². The summed E-state index contributed by atoms with van der Waals surface area (Å²) >= 11 is 0. The van der Waals surface area contributed by atoms with Gasteiger partial charge in [-0.05, 0) is 23.6 Å². The molecule has 0 unspecified atom stereocenters. The summed E-state index contributed by atoms with van der Waals surface area (Å²) < 4.78 is 32.2. The van der Waals surface area contributed by atoms with Crippen LogP contribution in [0.3, 0.4) is 0 Å². The Balaban J connectivity index is 1.64. The average molecular weight is 375 g/mol. The minimum Gasteiger partial charge on any atom is -0.379 e. The standard InChI is InChI=1S/C20H26N2O3S/c1-17-5-4-6-18(13-17)14-21-15-19-7-2-3-8-20(19)16-26(23,24)22-9-11-25-12-10-22/h2-8,13,21H,9-12,14-16H2,1H3. The van der Waals surface area contributed by atoms with E-state index in [-0.39, 0.29) is 5.75 Å². The molecule has 0 radical (unpaired) electrons. The lowest BCUT2D eigenvalue weighted by Crippen LogP contribution is -2.41. The van der Waals surface area contributed by atoms with Gasteiger partial charge in [-0.25, -0.2) is 8.42 Å². The van der Waals surface area contributed by atoms with Crippen LogP contribution in [0.15, 0.2) is 48.5 Å². The molecular formula is C20H26N2O3S. The van der Waals surface area contributed by atoms with Gasteiger partial charge in [-0.15, -0.1) is 0 Å². The Morgan fingerprint density at radius 3 is 2.46 bits per heavy atom. The molecule has 3 rings (SSSR count). The van der Waals surface area contributed by atoms with Gasteiger partial charge in [-0.2, -0.15) is 4.31 Å². The number of sulfonamides is 1. The van der Waals surface area contributed by atoms with E-state index in [1.807, 2.05) is 24.3 Å². The topological polar surface area (TPSA) is 58.6 Å². The van der Waals surface area contributed by atoms with Crippen LogP contribution >= 0.6 is 0 Å². The summed E-state index contributed by atoms with van der Waals surface area (Å²) in [7, 11) is -3.32. The van der Waals surface area contributed by atoms with Crippen LogP contribution in [0, 0.1) is 6.92 Å². The Morgan fingerprint density at radius 1 is 1.00 bits per heavy atom. The molecule has 1 aliphatic rings. The van der Waals surface area contributed by atoms with Gasteiger partial charge in [0.05, 0.1) is 19.0 Å². The van der Waals surface area contributed by atoms with E-state index in [1.54, 1.807) is 0 Å². The molecule has 1 saturated heterocycles. The fraction of sp³-hybridized carbons (Fsp3) is 0.400. The average Bonchev–Trinajstić information content (AvgIpc) is 2.64. The van der Waals surface area contributed by atoms with E-state index in [0.717, 1.165) is 17.7 Å². The van der Waals surface area contributed by atoms with Crippen molar-refractivity contribution in [3.05, 3.63) is 70.8 Å². The molecule has 6 heteroatoms. The zero-order chi connectivity index (χ0) is 18.4. The molecule has 2 aromatic carbocycles. The third-order valence-corrected chi connectivity index (χ3v) is 6.37. The second kappa shape index (κ2) is 8.77. The summed E-state index contributed by atoms with van der Waals surface area (Å²) in [5, 5.41) is 3.42. The van der Waals surface area contributed by atoms with Crippen molar-refractivity contribution in [3.8, 4) is 0 Å². The van der Waals surface area contributed by atoms with E-state index < -0.39 is 10.0 Å². The van der Waals surface area contributed by atoms with Crippen molar-refractivity contribution in [1.29, 1.82) is 0 Å². The first kappa shape index (κ1) is 19.0. The van der Waals surface area contributed by atoms with Gasteiger partial charge in [0.2, 0.25) is 10.0 Å². The van der Waals surface area contributed by atoms with Crippen LogP contribution in [0.5, 0.6) is 0 Å². The van der Waals surface area contributed by atoms with E-state index in [1.165, 1.54) is 15.4 Å². The number of nitrogens with zero attached hydrogens (tertiary/aromatic N) is 1. The first-order valence-electron chi connectivity index (χ1n) is 8.93. The van der Waals surface area contributed by atoms with Crippen LogP contribution < -0.4 is 5.32 Å². The van der Waals surface area contributed by atoms with Crippen LogP contribution in [0.1, 0.15) is 22.3 Å². The molecule has 0 saturated carbocycles. The lowest BCUT2D eigenvalue weighted by atomic mass is 10.1. The lowest BCUT2D eigenvalue weighted by Gasteiger charge is -2.26. The fourth-order valence-corrected chi connectivity index (χ4v) is 4.71. The van der Waals surface area contributed by atoms with Crippen LogP contribution in [-0.4, -0.2) is 39.0 Å². The summed E-state index contributed by atoms with van der Waals surface area (Å²) in [6, 6.07) is 16.1. The largest absolute Gasteiger partial charge is 0.379 e. The predicted octanol–water partition coefficient (Wildman–Crippen LogP) is 2.45. The van der Waals surface area contributed by atoms with Crippen LogP contribution in [0.25, 0.3) is 0 Å². The van der Waals surface area contributed by atoms with E-state index in [0.29, 0.717) is 32.8 Å². The van der Waals surface area contributed by atoms with Gasteiger partial charge in [0.25, 0.3) is 0 Å². The molecule has 140 valence electrons. The maximum Gasteiger partial charge on any atom is 0.218 e. The third kappa shape index (κ3) is 5.14. The highest BCUT2D eigenvalue weighted by molar-refractivity contribution is 7.88. The fourth-order valence-electron chi connectivity index (χ4n) is 3.15. The Kier molecular flexibility index (Phi) is 6.43. The van der Waals surface area contributed by atoms with Gasteiger partial charge >= 0.3 is 0 Å². The van der Waals surface area contributed by atoms with Gasteiger partial charge in [0, 0.05) is 26.2 Å². The number of aryl methyl sites for hydroxylation is 1. The molecule has 0 spiro atoms. The first-order chi connectivity index (χ1) is 12.5. The van der Waals surface area contributed by atoms with Crippen LogP contribution in [0.4, 0.5) is 0 Å². The van der Waals surface area contributed by atoms with Crippen molar-refractivity contribution >= 4 is 10.0 Å². The second-order valence-corrected chi connectivity index (χ2v) is 8.60. The smallest absolute Gasteiger partial charge is 0.218 e. The van der Waals surface area contributed by atoms with Gasteiger partial charge in [0.1, 0.15) is 0 Å². The number of morpholine rings is 1. The molecule has 1 aliphatic heterocycles. The second-order valence-electron chi connectivity index (χ2n) is 6.63. The highest BCUT2D eigenvalue weighted by Gasteiger charge is 2.25. The SMILES string of the molecule is Cc1cccc(CNCc2ccccc2CS(=O)(=O)N2CCOCC2)c1. The van der Waals surface area contributed by atoms with E-state index in [9.17, 15) is 8.42 Å². The van der Waals surface area contributed by atoms with Crippen molar-refractivity contribution < 1.29 is 13.2 Å². The number of hydrogen-bond acceptors (Lipinski definition) is 4. The van der Waals surface area contributed by atoms with Gasteiger partial charge < -0.3 is 10.1 Å². The maximum atomic E-state index is 12.7. The van der Waals surface area contributed by atoms with Crippen molar-refractivity contribution in [2.45, 2.75) is 25.8 Å². The summed E-state index contributed by atoms with van der Waals surface area (Å²) in [6.07, 6.45) is 0. The Bertz CT molecular complexity index is 830. The molecule has 0 atom stereocenters. The summed E-state index contributed by atoms with van der Waals surface area (Å²) in [5.41, 5.74) is 4.34. The molecule has 0 amide bonds. The minimum absolute atomic E-state index is 0.0370. The normalized spacial score (nSPS) is 15.9. The number of ether oxygens (including phenoxy) is 1. The van der Waals surface area contributed by atoms with Crippen molar-refractivity contribution in [3.63, 3.8) is 0 Å². The molecule has 0 bridgehead atoms. The molecule has 26 heavy (non-hydrogen) atoms. The quantitative estimate of drug-likeness (QED) is 0.809. The molecule has 1 heterocycles. The number of benzene rings is 2. The van der Waals surface area contributed by atoms with Crippen LogP contribution in [0.2, 0.25) is 0 Å². The third-order valence-electron chi connectivity index (χ3n) is 4.55. The lowest BCUT2D eigenvalue weighted by molar-refractivity contribution is 0.0729. The monoisotopic (exact) mass is 374 g/mol. The number of nitrogens with one attached hydrogen (secondary N) is 1. The van der Waals surface area contributed by atoms with E-state index in [2.05, 4.69) is 36.5 Å². The first-order valence-corrected chi connectivity index (χ1v) is 10.5. The van der Waals surface area contributed by atoms with Crippen molar-refractivity contribution in [2.75, 3.05) is 26.3 Å². The maximum absolute atomic E-state index is 12.7. The molecule has 1 fully saturated rings. The summed E-state index contributed by atoms with van der Waals surface area (Å²) in [5.74, 6) is 0.0370. The van der Waals surface area contributed by atoms with E-state index in [4.69, 9.17) is 4.74 Å². The molecule has 2 aromatic rings. The summed E-state index contributed by atoms with van der Waals surface area (Å²) in [6.45, 7) is 5.30. The molecule has 0 aliphatic carbocycles. The Hall–Kier alpha value is -1.73. The Morgan fingerprint density at radius 2 is 1.73 bits per heavy atom. The molecule has 0 aromatic heterocycles. The minimum atomic E-state index is -3.32. The number of hydrogen-bond donors (Lipinski definition) is 1. The number of rotatable bonds is 7. The van der Waals surface area contributed by atoms with Gasteiger partial charge in [-0.3, -0.25) is 0 Å². The highest BCUT2D eigenvalue weighted by Crippen LogP contribution is 2.17. The van der Waals surface area contributed by atoms with Crippen molar-refractivity contribution in [1.82, 2.24) is 9.62 Å². The zero-order valence-electron chi connectivity index (χ0n) is 15.1. The van der Waals surface area contributed by atoms with Crippen molar-refractivity contribution in [2.24, 2.45) is 0 Å². The van der Waals surface area contributed by atoms with Gasteiger partial charge in [0.15, 0.2) is 0 Å². The summed E-state index contributed by atoms with van der Waals surface area (Å²) in [4.78, 5) is 0. The molecule has 5 nitrogen and oxygen atoms in total.